The van der Waals surface area contributed by atoms with Gasteiger partial charge >= 0.3 is 11.9 Å². The number of aldehydes is 3. The number of aliphatic hydroxyl groups is 5. The molecule has 132 heavy (non-hydrogen) atoms. The lowest BCUT2D eigenvalue weighted by Gasteiger charge is -2.35. The van der Waals surface area contributed by atoms with Crippen molar-refractivity contribution >= 4 is 48.5 Å². The Labute approximate surface area is 765 Å². The number of hydrogen-bond donors (Lipinski definition) is 12. The summed E-state index contributed by atoms with van der Waals surface area (Å²) < 4.78 is 47.9. The van der Waals surface area contributed by atoms with Gasteiger partial charge in [0.25, 0.3) is 17.7 Å². The van der Waals surface area contributed by atoms with E-state index in [-0.39, 0.29) is 163 Å². The summed E-state index contributed by atoms with van der Waals surface area (Å²) in [6.07, 6.45) is 14.1. The van der Waals surface area contributed by atoms with E-state index in [0.717, 1.165) is 30.1 Å². The van der Waals surface area contributed by atoms with E-state index in [2.05, 4.69) is 35.2 Å². The monoisotopic (exact) mass is 1840 g/mol. The Morgan fingerprint density at radius 2 is 0.705 bits per heavy atom. The Hall–Kier alpha value is -12.8. The molecular formula is C94H120N10O28. The summed E-state index contributed by atoms with van der Waals surface area (Å²) in [6.45, 7) is 13.7. The number of aliphatic hydroxyl groups excluding tert-OH is 5. The number of aromatic carboxylic acids is 2. The first-order valence-electron chi connectivity index (χ1n) is 42.4. The quantitative estimate of drug-likeness (QED) is 0.0222. The lowest BCUT2D eigenvalue weighted by molar-refractivity contribution is -0.0184. The predicted molar refractivity (Wildman–Crippen MR) is 481 cm³/mol. The fraction of sp³-hybridized carbons (Fsp3) is 0.404. The number of methoxy groups -OCH3 is 3. The summed E-state index contributed by atoms with van der Waals surface area (Å²) in [7, 11) is 4.80. The van der Waals surface area contributed by atoms with Gasteiger partial charge < -0.3 is 119 Å². The maximum absolute atomic E-state index is 13.2. The Bertz CT molecular complexity index is 4930. The number of ether oxygens (including phenoxy) is 9. The second-order valence-corrected chi connectivity index (χ2v) is 28.4. The van der Waals surface area contributed by atoms with Gasteiger partial charge in [-0.15, -0.1) is 0 Å². The van der Waals surface area contributed by atoms with Crippen molar-refractivity contribution in [3.8, 4) is 34.5 Å². The maximum Gasteiger partial charge on any atom is 0.337 e. The molecule has 3 aromatic carbocycles. The first-order valence-corrected chi connectivity index (χ1v) is 42.4. The molecular weight excluding hydrogens is 1720 g/mol. The zero-order valence-corrected chi connectivity index (χ0v) is 74.8. The van der Waals surface area contributed by atoms with Crippen molar-refractivity contribution in [1.82, 2.24) is 49.9 Å². The SMILES string of the molecule is CC.COCCc1ncccc1C(=O)N1CCOC[C@H]1CO.COCCc1ncccc1C(=O)N1CCOC[C@H]1COc1cccc(O)c1C=O.COCCc1ncccc1C(=O)O.Cc1cccnc1CCO.O=C(O)c1cccnc1CCO.O=Cc1c(O)cccc1O.O=Cc1c(O)cccc1OC[C@@H]1COCCN1C(=O)c1cccnc1CCO.OC[C@@H]1COCCN1. The third kappa shape index (κ3) is 36.2. The molecule has 3 amide bonds. The number of pyridine rings is 6. The number of amides is 3. The van der Waals surface area contributed by atoms with Crippen LogP contribution in [0.4, 0.5) is 0 Å². The molecule has 0 unspecified atom stereocenters. The van der Waals surface area contributed by atoms with Crippen molar-refractivity contribution in [3.05, 3.63) is 249 Å². The first kappa shape index (κ1) is 110. The largest absolute Gasteiger partial charge is 0.507 e. The number of aryl methyl sites for hydroxylation is 1. The Morgan fingerprint density at radius 3 is 1.02 bits per heavy atom. The molecule has 38 nitrogen and oxygen atoms in total. The number of nitrogens with zero attached hydrogens (tertiary/aromatic N) is 9. The maximum atomic E-state index is 13.2. The van der Waals surface area contributed by atoms with E-state index in [4.69, 9.17) is 78.4 Å². The molecule has 4 aliphatic heterocycles. The number of carboxylic acid groups (broad SMARTS) is 2. The van der Waals surface area contributed by atoms with Crippen LogP contribution in [0, 0.1) is 6.92 Å². The molecule has 0 radical (unpaired) electrons. The minimum atomic E-state index is -1.01. The molecule has 4 aliphatic rings. The zero-order chi connectivity index (χ0) is 96.4. The predicted octanol–water partition coefficient (Wildman–Crippen LogP) is 5.98. The molecule has 10 heterocycles. The van der Waals surface area contributed by atoms with Crippen LogP contribution in [-0.2, 0) is 71.7 Å². The molecule has 714 valence electrons. The van der Waals surface area contributed by atoms with Gasteiger partial charge in [0.1, 0.15) is 47.7 Å². The van der Waals surface area contributed by atoms with Gasteiger partial charge in [0.15, 0.2) is 18.9 Å². The summed E-state index contributed by atoms with van der Waals surface area (Å²) in [6, 6.07) is 32.9. The van der Waals surface area contributed by atoms with Crippen LogP contribution in [0.5, 0.6) is 34.5 Å². The second-order valence-electron chi connectivity index (χ2n) is 28.4. The molecule has 9 aromatic rings. The lowest BCUT2D eigenvalue weighted by atomic mass is 10.1. The summed E-state index contributed by atoms with van der Waals surface area (Å²) in [5.74, 6) is -2.61. The van der Waals surface area contributed by atoms with Crippen LogP contribution in [0.3, 0.4) is 0 Å². The number of benzene rings is 3. The zero-order valence-electron chi connectivity index (χ0n) is 74.8. The minimum absolute atomic E-state index is 0.0644. The number of phenolic OH excluding ortho intramolecular Hbond substituents is 4. The fourth-order valence-electron chi connectivity index (χ4n) is 12.8. The first-order chi connectivity index (χ1) is 64.1. The number of phenols is 4. The number of carboxylic acids is 2. The van der Waals surface area contributed by atoms with E-state index in [1.807, 2.05) is 32.9 Å². The molecule has 13 rings (SSSR count). The standard InChI is InChI=1S/C21H24N2O6.C20H22N2O6.C14H20N2O4.C9H11NO3.C8H9NO3.C8H11NO.C7H6O3.C5H11NO2.C2H6/c1-27-10-7-18-16(4-3-8-22-18)21(26)23-9-11-28-13-15(23)14-29-20-6-2-5-19(25)17(20)12-24;23-9-6-17-15(3-2-7-21-17)20(26)22-8-10-27-12-14(22)13-28-19-5-1-4-18(25)16(19)11-24;1-19-7-4-13-12(3-2-5-15-13)14(18)16-6-8-20-10-11(16)9-17;1-13-6-4-8-7(9(11)12)3-2-5-10-8;10-5-3-7-6(8(11)12)2-1-4-9-7;1-7-3-2-5-9-8(7)4-6-10;8-4-5-6(9)2-1-3-7(5)10;7-3-5-4-8-2-1-6-5;1-2/h2-6,8,12,15,25H,7,9-11,13-14H2,1H3;1-5,7,11,14,23,25H,6,8-10,12-13H2;2-3,5,11,17H,4,6-10H2,1H3;2-3,5H,4,6H2,1H3,(H,11,12);1-2,4,10H,3,5H2,(H,11,12);2-3,5,10H,4,6H2,1H3;1-4,9-10H;5-7H,1-4H2;1-2H3/t15-;14-;11-;;;;;5-;/m001....1./s1. The van der Waals surface area contributed by atoms with Crippen molar-refractivity contribution < 1.29 is 137 Å². The number of morpholine rings is 4. The topological polar surface area (TPSA) is 541 Å². The van der Waals surface area contributed by atoms with Crippen molar-refractivity contribution in [2.45, 2.75) is 83.5 Å². The van der Waals surface area contributed by atoms with E-state index in [9.17, 15) is 58.8 Å². The highest BCUT2D eigenvalue weighted by atomic mass is 16.5. The van der Waals surface area contributed by atoms with Crippen molar-refractivity contribution in [2.24, 2.45) is 0 Å². The highest BCUT2D eigenvalue weighted by Gasteiger charge is 2.34. The van der Waals surface area contributed by atoms with Gasteiger partial charge in [0.05, 0.1) is 183 Å². The summed E-state index contributed by atoms with van der Waals surface area (Å²) in [4.78, 5) is 123. The van der Waals surface area contributed by atoms with Gasteiger partial charge in [-0.3, -0.25) is 58.7 Å². The highest BCUT2D eigenvalue weighted by Crippen LogP contribution is 2.30. The molecule has 0 spiro atoms. The Kier molecular flexibility index (Phi) is 52.6. The number of carbonyl (C=O) groups excluding carboxylic acids is 6. The van der Waals surface area contributed by atoms with Gasteiger partial charge in [-0.1, -0.05) is 38.1 Å². The molecule has 4 fully saturated rings. The van der Waals surface area contributed by atoms with Crippen LogP contribution >= 0.6 is 0 Å². The molecule has 12 N–H and O–H groups in total. The summed E-state index contributed by atoms with van der Waals surface area (Å²) in [5, 5.41) is 102. The van der Waals surface area contributed by atoms with Crippen molar-refractivity contribution in [3.63, 3.8) is 0 Å². The van der Waals surface area contributed by atoms with E-state index in [0.29, 0.717) is 170 Å². The van der Waals surface area contributed by atoms with E-state index < -0.39 is 11.9 Å². The second kappa shape index (κ2) is 63.3. The van der Waals surface area contributed by atoms with Crippen LogP contribution in [0.25, 0.3) is 0 Å². The number of aromatic nitrogens is 6. The molecule has 4 atom stereocenters. The normalized spacial score (nSPS) is 15.2. The van der Waals surface area contributed by atoms with Crippen molar-refractivity contribution in [1.29, 1.82) is 0 Å². The van der Waals surface area contributed by atoms with Gasteiger partial charge in [0, 0.05) is 149 Å². The van der Waals surface area contributed by atoms with E-state index in [1.165, 1.54) is 42.6 Å². The van der Waals surface area contributed by atoms with Crippen LogP contribution in [0.2, 0.25) is 0 Å². The van der Waals surface area contributed by atoms with Gasteiger partial charge in [-0.05, 0) is 116 Å². The molecule has 0 saturated carbocycles. The number of nitrogens with one attached hydrogen (secondary N) is 1. The molecule has 38 heteroatoms. The van der Waals surface area contributed by atoms with Crippen LogP contribution in [-0.4, -0.2) is 340 Å². The van der Waals surface area contributed by atoms with Crippen molar-refractivity contribution in [2.75, 3.05) is 166 Å². The smallest absolute Gasteiger partial charge is 0.337 e. The van der Waals surface area contributed by atoms with Crippen LogP contribution < -0.4 is 14.8 Å². The van der Waals surface area contributed by atoms with Crippen LogP contribution in [0.1, 0.15) is 136 Å². The van der Waals surface area contributed by atoms with Gasteiger partial charge in [0.2, 0.25) is 0 Å². The number of rotatable bonds is 31. The van der Waals surface area contributed by atoms with Gasteiger partial charge in [-0.25, -0.2) is 9.59 Å². The molecule has 0 aliphatic carbocycles. The van der Waals surface area contributed by atoms with Crippen LogP contribution in [0.15, 0.2) is 165 Å². The number of hydrogen-bond acceptors (Lipinski definition) is 33. The summed E-state index contributed by atoms with van der Waals surface area (Å²) in [5.41, 5.74) is 7.11. The number of aromatic hydroxyl groups is 4. The lowest BCUT2D eigenvalue weighted by Crippen LogP contribution is -2.51. The Morgan fingerprint density at radius 1 is 0.394 bits per heavy atom. The van der Waals surface area contributed by atoms with E-state index >= 15 is 0 Å². The van der Waals surface area contributed by atoms with Gasteiger partial charge in [-0.2, -0.15) is 0 Å². The summed E-state index contributed by atoms with van der Waals surface area (Å²) >= 11 is 0. The molecule has 4 saturated heterocycles. The Balaban J connectivity index is 0.000000277. The fourth-order valence-corrected chi connectivity index (χ4v) is 12.8. The number of carbonyl (C=O) groups is 8. The third-order valence-electron chi connectivity index (χ3n) is 19.7. The highest BCUT2D eigenvalue weighted by molar-refractivity contribution is 5.97. The molecule has 6 aromatic heterocycles. The molecule has 0 bridgehead atoms. The third-order valence-corrected chi connectivity index (χ3v) is 19.7. The average molecular weight is 1840 g/mol. The average Bonchev–Trinajstić information content (AvgIpc) is 0.824. The minimum Gasteiger partial charge on any atom is -0.507 e. The van der Waals surface area contributed by atoms with E-state index in [1.54, 1.807) is 146 Å².